The van der Waals surface area contributed by atoms with Gasteiger partial charge in [-0.2, -0.15) is 0 Å². The Balaban J connectivity index is 0.00000121. The van der Waals surface area contributed by atoms with E-state index in [1.54, 1.807) is 12.1 Å². The molecule has 0 amide bonds. The molecule has 1 unspecified atom stereocenters. The first kappa shape index (κ1) is 11.9. The van der Waals surface area contributed by atoms with Crippen LogP contribution in [0.4, 0.5) is 0 Å². The van der Waals surface area contributed by atoms with Gasteiger partial charge in [-0.15, -0.1) is 12.4 Å². The minimum Gasteiger partial charge on any atom is -0.248 e. The first-order valence-electron chi connectivity index (χ1n) is 2.85. The van der Waals surface area contributed by atoms with E-state index in [9.17, 15) is 4.21 Å². The summed E-state index contributed by atoms with van der Waals surface area (Å²) in [7, 11) is -2.65. The van der Waals surface area contributed by atoms with Crippen molar-refractivity contribution in [1.29, 1.82) is 4.78 Å². The van der Waals surface area contributed by atoms with E-state index >= 15 is 0 Å². The van der Waals surface area contributed by atoms with Crippen molar-refractivity contribution in [3.05, 3.63) is 22.8 Å². The molecule has 0 spiro atoms. The molecule has 1 rings (SSSR count). The van der Waals surface area contributed by atoms with Crippen LogP contribution in [0.5, 0.6) is 0 Å². The Morgan fingerprint density at radius 1 is 1.58 bits per heavy atom. The highest BCUT2D eigenvalue weighted by molar-refractivity contribution is 9.10. The topological polar surface area (TPSA) is 53.8 Å². The summed E-state index contributed by atoms with van der Waals surface area (Å²) in [6.07, 6.45) is 2.89. The SMILES string of the molecule is CS(=N)(=O)c1ccc(Br)cn1.Cl. The summed E-state index contributed by atoms with van der Waals surface area (Å²) in [6.45, 7) is 0. The van der Waals surface area contributed by atoms with Crippen molar-refractivity contribution >= 4 is 38.1 Å². The Labute approximate surface area is 86.1 Å². The van der Waals surface area contributed by atoms with Crippen molar-refractivity contribution in [1.82, 2.24) is 4.98 Å². The molecular weight excluding hydrogens is 264 g/mol. The van der Waals surface area contributed by atoms with Gasteiger partial charge in [-0.1, -0.05) is 0 Å². The number of nitrogens with one attached hydrogen (secondary N) is 1. The van der Waals surface area contributed by atoms with Crippen LogP contribution in [0.25, 0.3) is 0 Å². The number of halogens is 2. The Kier molecular flexibility index (Phi) is 4.16. The van der Waals surface area contributed by atoms with E-state index in [0.717, 1.165) is 4.47 Å². The van der Waals surface area contributed by atoms with E-state index in [4.69, 9.17) is 4.78 Å². The maximum atomic E-state index is 11.1. The number of nitrogens with zero attached hydrogens (tertiary/aromatic N) is 1. The zero-order valence-corrected chi connectivity index (χ0v) is 9.50. The third-order valence-corrected chi connectivity index (χ3v) is 2.61. The molecule has 0 fully saturated rings. The quantitative estimate of drug-likeness (QED) is 0.852. The Morgan fingerprint density at radius 3 is 2.50 bits per heavy atom. The second-order valence-corrected chi connectivity index (χ2v) is 5.18. The number of hydrogen-bond donors (Lipinski definition) is 1. The summed E-state index contributed by atoms with van der Waals surface area (Å²) < 4.78 is 19.1. The normalized spacial score (nSPS) is 14.5. The molecule has 0 radical (unpaired) electrons. The van der Waals surface area contributed by atoms with Gasteiger partial charge in [0.05, 0.1) is 9.73 Å². The standard InChI is InChI=1S/C6H7BrN2OS.ClH/c1-11(8,10)6-3-2-5(7)4-9-6;/h2-4,8H,1H3;1H. The third kappa shape index (κ3) is 3.08. The van der Waals surface area contributed by atoms with Crippen LogP contribution >= 0.6 is 28.3 Å². The molecule has 1 aromatic heterocycles. The molecule has 0 saturated heterocycles. The van der Waals surface area contributed by atoms with Crippen molar-refractivity contribution in [2.24, 2.45) is 0 Å². The van der Waals surface area contributed by atoms with Crippen LogP contribution in [-0.2, 0) is 9.73 Å². The van der Waals surface area contributed by atoms with Crippen molar-refractivity contribution in [3.63, 3.8) is 0 Å². The molecule has 0 saturated carbocycles. The van der Waals surface area contributed by atoms with Crippen LogP contribution in [0.2, 0.25) is 0 Å². The molecule has 0 aromatic carbocycles. The van der Waals surface area contributed by atoms with Gasteiger partial charge in [0.1, 0.15) is 5.03 Å². The van der Waals surface area contributed by atoms with E-state index in [1.807, 2.05) is 0 Å². The van der Waals surface area contributed by atoms with E-state index < -0.39 is 9.73 Å². The molecule has 1 N–H and O–H groups in total. The van der Waals surface area contributed by atoms with Gasteiger partial charge in [0, 0.05) is 16.9 Å². The average molecular weight is 272 g/mol. The average Bonchev–Trinajstić information content (AvgIpc) is 1.86. The minimum atomic E-state index is -2.65. The fraction of sp³-hybridized carbons (Fsp3) is 0.167. The molecule has 3 nitrogen and oxygen atoms in total. The largest absolute Gasteiger partial charge is 0.248 e. The minimum absolute atomic E-state index is 0. The zero-order valence-electron chi connectivity index (χ0n) is 6.28. The molecular formula is C6H8BrClN2OS. The van der Waals surface area contributed by atoms with Crippen LogP contribution in [0.1, 0.15) is 0 Å². The van der Waals surface area contributed by atoms with E-state index in [1.165, 1.54) is 12.5 Å². The fourth-order valence-corrected chi connectivity index (χ4v) is 1.41. The van der Waals surface area contributed by atoms with Crippen LogP contribution in [0, 0.1) is 4.78 Å². The summed E-state index contributed by atoms with van der Waals surface area (Å²) in [5, 5.41) is 0.320. The predicted octanol–water partition coefficient (Wildman–Crippen LogP) is 2.30. The fourth-order valence-electron chi connectivity index (χ4n) is 0.593. The van der Waals surface area contributed by atoms with Crippen molar-refractivity contribution in [3.8, 4) is 0 Å². The summed E-state index contributed by atoms with van der Waals surface area (Å²) >= 11 is 3.20. The van der Waals surface area contributed by atoms with Crippen molar-refractivity contribution < 1.29 is 4.21 Å². The monoisotopic (exact) mass is 270 g/mol. The van der Waals surface area contributed by atoms with E-state index in [2.05, 4.69) is 20.9 Å². The highest BCUT2D eigenvalue weighted by Crippen LogP contribution is 2.10. The zero-order chi connectivity index (χ0) is 8.48. The molecule has 68 valence electrons. The highest BCUT2D eigenvalue weighted by atomic mass is 79.9. The lowest BCUT2D eigenvalue weighted by Crippen LogP contribution is -1.97. The molecule has 12 heavy (non-hydrogen) atoms. The van der Waals surface area contributed by atoms with Crippen molar-refractivity contribution in [2.45, 2.75) is 5.03 Å². The predicted molar refractivity (Wildman–Crippen MR) is 54.2 cm³/mol. The van der Waals surface area contributed by atoms with Gasteiger partial charge in [-0.3, -0.25) is 0 Å². The lowest BCUT2D eigenvalue weighted by Gasteiger charge is -1.97. The van der Waals surface area contributed by atoms with Gasteiger partial charge in [0.15, 0.2) is 0 Å². The maximum Gasteiger partial charge on any atom is 0.135 e. The number of rotatable bonds is 1. The molecule has 0 aliphatic heterocycles. The second-order valence-electron chi connectivity index (χ2n) is 2.16. The first-order valence-corrected chi connectivity index (χ1v) is 5.61. The van der Waals surface area contributed by atoms with Gasteiger partial charge in [0.25, 0.3) is 0 Å². The van der Waals surface area contributed by atoms with Crippen LogP contribution in [0.15, 0.2) is 27.8 Å². The number of aromatic nitrogens is 1. The van der Waals surface area contributed by atoms with E-state index in [-0.39, 0.29) is 12.4 Å². The van der Waals surface area contributed by atoms with Gasteiger partial charge in [0.2, 0.25) is 0 Å². The number of hydrogen-bond acceptors (Lipinski definition) is 3. The van der Waals surface area contributed by atoms with E-state index in [0.29, 0.717) is 5.03 Å². The Morgan fingerprint density at radius 2 is 2.17 bits per heavy atom. The van der Waals surface area contributed by atoms with Gasteiger partial charge < -0.3 is 0 Å². The summed E-state index contributed by atoms with van der Waals surface area (Å²) in [6, 6.07) is 3.30. The Bertz CT molecular complexity index is 348. The number of pyridine rings is 1. The van der Waals surface area contributed by atoms with Gasteiger partial charge in [-0.25, -0.2) is 14.0 Å². The second kappa shape index (κ2) is 4.20. The maximum absolute atomic E-state index is 11.1. The summed E-state index contributed by atoms with van der Waals surface area (Å²) in [5.41, 5.74) is 0. The van der Waals surface area contributed by atoms with Gasteiger partial charge in [-0.05, 0) is 28.1 Å². The van der Waals surface area contributed by atoms with Crippen molar-refractivity contribution in [2.75, 3.05) is 6.26 Å². The summed E-state index contributed by atoms with van der Waals surface area (Å²) in [4.78, 5) is 3.84. The van der Waals surface area contributed by atoms with Crippen LogP contribution < -0.4 is 0 Å². The molecule has 0 bridgehead atoms. The molecule has 1 heterocycles. The van der Waals surface area contributed by atoms with Crippen LogP contribution in [-0.4, -0.2) is 15.4 Å². The molecule has 0 aliphatic carbocycles. The third-order valence-electron chi connectivity index (χ3n) is 1.10. The van der Waals surface area contributed by atoms with Gasteiger partial charge >= 0.3 is 0 Å². The Hall–Kier alpha value is -0.130. The molecule has 0 aliphatic rings. The molecule has 1 aromatic rings. The van der Waals surface area contributed by atoms with Crippen LogP contribution in [0.3, 0.4) is 0 Å². The lowest BCUT2D eigenvalue weighted by molar-refractivity contribution is 0.676. The summed E-state index contributed by atoms with van der Waals surface area (Å²) in [5.74, 6) is 0. The molecule has 1 atom stereocenters. The molecule has 6 heteroatoms. The first-order chi connectivity index (χ1) is 5.00. The smallest absolute Gasteiger partial charge is 0.135 e. The lowest BCUT2D eigenvalue weighted by atomic mass is 10.5. The highest BCUT2D eigenvalue weighted by Gasteiger charge is 2.02.